The lowest BCUT2D eigenvalue weighted by molar-refractivity contribution is 0.271. The Hall–Kier alpha value is -2.12. The molecule has 0 fully saturated rings. The quantitative estimate of drug-likeness (QED) is 0.676. The highest BCUT2D eigenvalue weighted by Gasteiger charge is 1.98. The molecule has 0 bridgehead atoms. The maximum atomic E-state index is 8.65. The van der Waals surface area contributed by atoms with Crippen LogP contribution in [0.4, 0.5) is 5.82 Å². The van der Waals surface area contributed by atoms with Gasteiger partial charge in [-0.05, 0) is 13.0 Å². The number of nitrogens with zero attached hydrogens (tertiary/aromatic N) is 4. The van der Waals surface area contributed by atoms with Gasteiger partial charge in [-0.3, -0.25) is 0 Å². The molecule has 0 radical (unpaired) electrons. The molecule has 2 rings (SSSR count). The first-order chi connectivity index (χ1) is 8.67. The van der Waals surface area contributed by atoms with Gasteiger partial charge < -0.3 is 15.9 Å². The molecule has 2 heterocycles. The van der Waals surface area contributed by atoms with Gasteiger partial charge in [0.1, 0.15) is 18.2 Å². The summed E-state index contributed by atoms with van der Waals surface area (Å²) < 4.78 is 0. The number of nitrogens with two attached hydrogens (primary N) is 1. The molecule has 0 unspecified atom stereocenters. The Bertz CT molecular complexity index is 478. The lowest BCUT2D eigenvalue weighted by atomic mass is 10.3. The van der Waals surface area contributed by atoms with Crippen molar-refractivity contribution in [2.45, 2.75) is 20.1 Å². The van der Waals surface area contributed by atoms with Crippen molar-refractivity contribution in [2.75, 3.05) is 5.73 Å². The molecule has 0 saturated heterocycles. The van der Waals surface area contributed by atoms with E-state index in [1.165, 1.54) is 6.20 Å². The van der Waals surface area contributed by atoms with Gasteiger partial charge in [0.15, 0.2) is 5.82 Å². The zero-order chi connectivity index (χ0) is 13.4. The smallest absolute Gasteiger partial charge is 0.153 e. The number of aliphatic hydroxyl groups excluding tert-OH is 2. The van der Waals surface area contributed by atoms with E-state index in [2.05, 4.69) is 19.9 Å². The number of aryl methyl sites for hydroxylation is 1. The molecule has 0 aromatic carbocycles. The minimum atomic E-state index is -0.105. The molecule has 0 saturated carbocycles. The van der Waals surface area contributed by atoms with Gasteiger partial charge >= 0.3 is 0 Å². The molecule has 0 aliphatic rings. The molecule has 0 aliphatic heterocycles. The van der Waals surface area contributed by atoms with Crippen molar-refractivity contribution >= 4 is 5.82 Å². The largest absolute Gasteiger partial charge is 0.391 e. The van der Waals surface area contributed by atoms with E-state index < -0.39 is 0 Å². The van der Waals surface area contributed by atoms with Crippen LogP contribution in [0.25, 0.3) is 0 Å². The van der Waals surface area contributed by atoms with E-state index in [-0.39, 0.29) is 13.2 Å². The molecule has 96 valence electrons. The van der Waals surface area contributed by atoms with E-state index in [1.807, 2.05) is 0 Å². The topological polar surface area (TPSA) is 118 Å². The highest BCUT2D eigenvalue weighted by molar-refractivity contribution is 5.36. The molecule has 2 aromatic heterocycles. The van der Waals surface area contributed by atoms with Gasteiger partial charge in [0.05, 0.1) is 6.61 Å². The first kappa shape index (κ1) is 13.9. The fraction of sp³-hybridized carbons (Fsp3) is 0.273. The third kappa shape index (κ3) is 4.40. The summed E-state index contributed by atoms with van der Waals surface area (Å²) in [6.07, 6.45) is 4.72. The molecule has 0 amide bonds. The van der Waals surface area contributed by atoms with Crippen molar-refractivity contribution in [3.05, 3.63) is 41.9 Å². The van der Waals surface area contributed by atoms with Crippen molar-refractivity contribution in [3.8, 4) is 0 Å². The van der Waals surface area contributed by atoms with Crippen LogP contribution in [0.15, 0.2) is 24.7 Å². The van der Waals surface area contributed by atoms with Crippen molar-refractivity contribution in [2.24, 2.45) is 0 Å². The van der Waals surface area contributed by atoms with E-state index in [4.69, 9.17) is 15.9 Å². The molecule has 18 heavy (non-hydrogen) atoms. The van der Waals surface area contributed by atoms with E-state index >= 15 is 0 Å². The van der Waals surface area contributed by atoms with Gasteiger partial charge in [0.2, 0.25) is 0 Å². The van der Waals surface area contributed by atoms with Gasteiger partial charge in [-0.1, -0.05) is 0 Å². The van der Waals surface area contributed by atoms with Gasteiger partial charge in [-0.15, -0.1) is 0 Å². The first-order valence-corrected chi connectivity index (χ1v) is 5.23. The zero-order valence-corrected chi connectivity index (χ0v) is 9.98. The summed E-state index contributed by atoms with van der Waals surface area (Å²) in [5, 5.41) is 17.1. The van der Waals surface area contributed by atoms with E-state index in [9.17, 15) is 0 Å². The third-order valence-corrected chi connectivity index (χ3v) is 1.95. The van der Waals surface area contributed by atoms with Crippen LogP contribution in [0.3, 0.4) is 0 Å². The Morgan fingerprint density at radius 3 is 2.22 bits per heavy atom. The highest BCUT2D eigenvalue weighted by Crippen LogP contribution is 2.05. The molecule has 0 atom stereocenters. The van der Waals surface area contributed by atoms with Crippen LogP contribution in [0.5, 0.6) is 0 Å². The van der Waals surface area contributed by atoms with Crippen LogP contribution in [0, 0.1) is 6.92 Å². The van der Waals surface area contributed by atoms with E-state index in [1.54, 1.807) is 25.4 Å². The monoisotopic (exact) mass is 249 g/mol. The number of anilines is 1. The van der Waals surface area contributed by atoms with Gasteiger partial charge in [0, 0.05) is 24.2 Å². The highest BCUT2D eigenvalue weighted by atomic mass is 16.3. The van der Waals surface area contributed by atoms with Gasteiger partial charge in [0.25, 0.3) is 0 Å². The molecule has 4 N–H and O–H groups in total. The summed E-state index contributed by atoms with van der Waals surface area (Å²) in [6.45, 7) is 1.56. The van der Waals surface area contributed by atoms with Crippen molar-refractivity contribution in [1.29, 1.82) is 0 Å². The number of aromatic nitrogens is 4. The summed E-state index contributed by atoms with van der Waals surface area (Å²) in [7, 11) is 0. The Balaban J connectivity index is 0.000000184. The maximum Gasteiger partial charge on any atom is 0.153 e. The molecule has 7 nitrogen and oxygen atoms in total. The van der Waals surface area contributed by atoms with Crippen LogP contribution >= 0.6 is 0 Å². The maximum absolute atomic E-state index is 8.65. The molecule has 7 heteroatoms. The number of hydrogen-bond acceptors (Lipinski definition) is 7. The fourth-order valence-corrected chi connectivity index (χ4v) is 1.05. The van der Waals surface area contributed by atoms with Crippen molar-refractivity contribution in [3.63, 3.8) is 0 Å². The third-order valence-electron chi connectivity index (χ3n) is 1.95. The van der Waals surface area contributed by atoms with Crippen LogP contribution in [-0.2, 0) is 13.2 Å². The van der Waals surface area contributed by atoms with Crippen LogP contribution in [0.2, 0.25) is 0 Å². The summed E-state index contributed by atoms with van der Waals surface area (Å²) in [5.41, 5.74) is 6.00. The lowest BCUT2D eigenvalue weighted by Gasteiger charge is -1.99. The average molecular weight is 249 g/mol. The predicted octanol–water partition coefficient (Wildman–Crippen LogP) is -0.172. The second-order valence-corrected chi connectivity index (χ2v) is 3.31. The Morgan fingerprint density at radius 1 is 1.11 bits per heavy atom. The van der Waals surface area contributed by atoms with Gasteiger partial charge in [-0.2, -0.15) is 0 Å². The van der Waals surface area contributed by atoms with Crippen LogP contribution in [0.1, 0.15) is 17.2 Å². The molecular formula is C11H15N5O2. The molecule has 0 aliphatic carbocycles. The second kappa shape index (κ2) is 7.25. The number of rotatable bonds is 2. The van der Waals surface area contributed by atoms with Gasteiger partial charge in [-0.25, -0.2) is 19.9 Å². The average Bonchev–Trinajstić information content (AvgIpc) is 2.40. The lowest BCUT2D eigenvalue weighted by Crippen LogP contribution is -2.00. The summed E-state index contributed by atoms with van der Waals surface area (Å²) >= 11 is 0. The first-order valence-electron chi connectivity index (χ1n) is 5.23. The van der Waals surface area contributed by atoms with Crippen LogP contribution < -0.4 is 5.73 Å². The Morgan fingerprint density at radius 2 is 1.78 bits per heavy atom. The number of hydrogen-bond donors (Lipinski definition) is 3. The van der Waals surface area contributed by atoms with E-state index in [0.29, 0.717) is 23.0 Å². The van der Waals surface area contributed by atoms with Crippen LogP contribution in [-0.4, -0.2) is 30.1 Å². The number of nitrogen functional groups attached to an aromatic ring is 1. The van der Waals surface area contributed by atoms with Crippen molar-refractivity contribution < 1.29 is 10.2 Å². The SMILES string of the molecule is Cc1ncc(CO)c(N)n1.OCc1ncccn1. The van der Waals surface area contributed by atoms with E-state index in [0.717, 1.165) is 0 Å². The minimum Gasteiger partial charge on any atom is -0.391 e. The van der Waals surface area contributed by atoms with Crippen molar-refractivity contribution in [1.82, 2.24) is 19.9 Å². The molecular weight excluding hydrogens is 234 g/mol. The normalized spacial score (nSPS) is 9.50. The number of aliphatic hydroxyl groups is 2. The standard InChI is InChI=1S/C6H9N3O.C5H6N2O/c1-4-8-2-5(3-10)6(7)9-4;8-4-5-6-2-1-3-7-5/h2,10H,3H2,1H3,(H2,7,8,9);1-3,8H,4H2. The fourth-order valence-electron chi connectivity index (χ4n) is 1.05. The second-order valence-electron chi connectivity index (χ2n) is 3.31. The Kier molecular flexibility index (Phi) is 5.62. The zero-order valence-electron chi connectivity index (χ0n) is 9.98. The molecule has 0 spiro atoms. The Labute approximate surface area is 104 Å². The summed E-state index contributed by atoms with van der Waals surface area (Å²) in [4.78, 5) is 15.2. The predicted molar refractivity (Wildman–Crippen MR) is 65.1 cm³/mol. The summed E-state index contributed by atoms with van der Waals surface area (Å²) in [6, 6.07) is 1.71. The summed E-state index contributed by atoms with van der Waals surface area (Å²) in [5.74, 6) is 1.44. The minimum absolute atomic E-state index is 0.0825. The molecule has 2 aromatic rings.